The van der Waals surface area contributed by atoms with Crippen LogP contribution in [0.2, 0.25) is 0 Å². The van der Waals surface area contributed by atoms with Crippen LogP contribution < -0.4 is 21.7 Å². The fourth-order valence-electron chi connectivity index (χ4n) is 4.12. The van der Waals surface area contributed by atoms with Crippen LogP contribution in [0.25, 0.3) is 0 Å². The minimum Gasteiger partial charge on any atom is -0.370 e. The molecule has 47 heavy (non-hydrogen) atoms. The van der Waals surface area contributed by atoms with Crippen molar-refractivity contribution >= 4 is 59.6 Å². The number of thioether (sulfide) groups is 1. The maximum atomic E-state index is 11.9. The number of allylic oxidation sites excluding steroid dienone is 1. The van der Waals surface area contributed by atoms with E-state index < -0.39 is 11.8 Å². The van der Waals surface area contributed by atoms with Crippen molar-refractivity contribution in [3.63, 3.8) is 0 Å². The molecule has 1 aliphatic heterocycles. The van der Waals surface area contributed by atoms with Gasteiger partial charge in [0.25, 0.3) is 5.91 Å². The van der Waals surface area contributed by atoms with E-state index in [1.54, 1.807) is 24.8 Å². The van der Waals surface area contributed by atoms with Crippen LogP contribution in [0.15, 0.2) is 12.2 Å². The number of likely N-dealkylation sites (N-methyl/N-ethyl adjacent to an activating group) is 1. The molecule has 16 heteroatoms. The van der Waals surface area contributed by atoms with Crippen molar-refractivity contribution in [2.75, 3.05) is 58.3 Å². The van der Waals surface area contributed by atoms with Gasteiger partial charge in [-0.05, 0) is 44.9 Å². The number of carbonyl (C=O) groups is 8. The predicted octanol–water partition coefficient (Wildman–Crippen LogP) is 0.916. The van der Waals surface area contributed by atoms with E-state index in [9.17, 15) is 38.4 Å². The predicted molar refractivity (Wildman–Crippen MR) is 180 cm³/mol. The highest BCUT2D eigenvalue weighted by molar-refractivity contribution is 7.98. The fourth-order valence-corrected chi connectivity index (χ4v) is 4.51. The molecule has 1 fully saturated rings. The van der Waals surface area contributed by atoms with Crippen LogP contribution in [0.4, 0.5) is 4.79 Å². The Kier molecular flexibility index (Phi) is 24.9. The number of unbranched alkanes of at least 4 members (excludes halogenated alkanes) is 5. The molecule has 0 unspecified atom stereocenters. The number of primary amides is 1. The molecule has 0 bridgehead atoms. The smallest absolute Gasteiger partial charge is 0.326 e. The zero-order valence-electron chi connectivity index (χ0n) is 28.1. The van der Waals surface area contributed by atoms with E-state index in [2.05, 4.69) is 16.0 Å². The molecular weight excluding hydrogens is 630 g/mol. The SMILES string of the molecule is C/C=C\C(=O)N(C=O)CCC(=O)NCCCCCC(=O)NCCCCCCNC(=O)CCSC.CN1CC(=O)N(CCC(N)=O)C1=O. The number of urea groups is 1. The summed E-state index contributed by atoms with van der Waals surface area (Å²) in [5, 5.41) is 8.61. The number of hydrogen-bond acceptors (Lipinski definition) is 9. The molecule has 15 nitrogen and oxygen atoms in total. The first-order chi connectivity index (χ1) is 22.5. The van der Waals surface area contributed by atoms with Crippen molar-refractivity contribution in [1.29, 1.82) is 0 Å². The number of nitrogens with two attached hydrogens (primary N) is 1. The second-order valence-electron chi connectivity index (χ2n) is 10.8. The average molecular weight is 684 g/mol. The number of carbonyl (C=O) groups excluding carboxylic acids is 8. The zero-order valence-corrected chi connectivity index (χ0v) is 28.9. The monoisotopic (exact) mass is 683 g/mol. The first kappa shape index (κ1) is 43.0. The van der Waals surface area contributed by atoms with E-state index in [-0.39, 0.29) is 62.1 Å². The largest absolute Gasteiger partial charge is 0.370 e. The molecular formula is C31H53N7O8S. The van der Waals surface area contributed by atoms with Crippen molar-refractivity contribution in [3.05, 3.63) is 12.2 Å². The summed E-state index contributed by atoms with van der Waals surface area (Å²) in [5.74, 6) is -0.439. The molecule has 0 aliphatic carbocycles. The summed E-state index contributed by atoms with van der Waals surface area (Å²) >= 11 is 1.67. The minimum atomic E-state index is -0.518. The van der Waals surface area contributed by atoms with Gasteiger partial charge in [0.2, 0.25) is 35.9 Å². The van der Waals surface area contributed by atoms with Gasteiger partial charge in [0.15, 0.2) is 0 Å². The summed E-state index contributed by atoms with van der Waals surface area (Å²) in [6.45, 7) is 3.78. The average Bonchev–Trinajstić information content (AvgIpc) is 3.27. The van der Waals surface area contributed by atoms with Crippen LogP contribution >= 0.6 is 11.8 Å². The zero-order chi connectivity index (χ0) is 35.5. The quantitative estimate of drug-likeness (QED) is 0.0493. The maximum absolute atomic E-state index is 11.9. The molecule has 0 aromatic carbocycles. The topological polar surface area (TPSA) is 208 Å². The Hall–Kier alpha value is -3.95. The lowest BCUT2D eigenvalue weighted by molar-refractivity contribution is -0.135. The van der Waals surface area contributed by atoms with Crippen molar-refractivity contribution in [2.45, 2.75) is 77.6 Å². The van der Waals surface area contributed by atoms with E-state index in [0.717, 1.165) is 60.5 Å². The lowest BCUT2D eigenvalue weighted by Crippen LogP contribution is -2.34. The number of nitrogens with zero attached hydrogens (tertiary/aromatic N) is 3. The van der Waals surface area contributed by atoms with Gasteiger partial charge in [0, 0.05) is 71.2 Å². The van der Waals surface area contributed by atoms with Gasteiger partial charge >= 0.3 is 6.03 Å². The third-order valence-corrected chi connectivity index (χ3v) is 7.41. The molecule has 1 heterocycles. The van der Waals surface area contributed by atoms with Crippen LogP contribution in [0.1, 0.15) is 77.6 Å². The molecule has 9 amide bonds. The Morgan fingerprint density at radius 2 is 1.36 bits per heavy atom. The van der Waals surface area contributed by atoms with Crippen LogP contribution in [0.3, 0.4) is 0 Å². The normalized spacial score (nSPS) is 12.4. The molecule has 0 radical (unpaired) electrons. The molecule has 266 valence electrons. The van der Waals surface area contributed by atoms with Crippen LogP contribution in [0.5, 0.6) is 0 Å². The maximum Gasteiger partial charge on any atom is 0.326 e. The van der Waals surface area contributed by atoms with Gasteiger partial charge in [0.05, 0.1) is 0 Å². The Bertz CT molecular complexity index is 1060. The molecule has 1 rings (SSSR count). The van der Waals surface area contributed by atoms with Gasteiger partial charge in [-0.25, -0.2) is 4.79 Å². The number of rotatable bonds is 24. The number of imide groups is 2. The first-order valence-corrected chi connectivity index (χ1v) is 17.4. The highest BCUT2D eigenvalue weighted by atomic mass is 32.2. The molecule has 0 saturated carbocycles. The van der Waals surface area contributed by atoms with E-state index in [1.807, 2.05) is 6.26 Å². The Balaban J connectivity index is 0.00000134. The molecule has 1 aliphatic rings. The minimum absolute atomic E-state index is 0.0192. The van der Waals surface area contributed by atoms with Gasteiger partial charge in [-0.1, -0.05) is 25.3 Å². The van der Waals surface area contributed by atoms with E-state index >= 15 is 0 Å². The highest BCUT2D eigenvalue weighted by Gasteiger charge is 2.33. The van der Waals surface area contributed by atoms with Crippen molar-refractivity contribution < 1.29 is 38.4 Å². The molecule has 0 aromatic heterocycles. The van der Waals surface area contributed by atoms with Gasteiger partial charge in [-0.15, -0.1) is 0 Å². The van der Waals surface area contributed by atoms with Crippen LogP contribution in [-0.2, 0) is 33.6 Å². The molecule has 1 saturated heterocycles. The molecule has 5 N–H and O–H groups in total. The standard InChI is InChI=1S/C24H42N4O5S.C7H11N3O3/c1-3-11-24(33)28(20-29)18-13-22(31)26-17-10-6-7-12-21(30)25-15-8-4-5-9-16-27-23(32)14-19-34-2;1-9-4-6(12)10(7(9)13)3-2-5(8)11/h3,11,20H,4-10,12-19H2,1-2H3,(H,25,30)(H,26,31)(H,27,32);2-4H2,1H3,(H2,8,11)/b11-3-;. The van der Waals surface area contributed by atoms with Crippen LogP contribution in [0, 0.1) is 0 Å². The van der Waals surface area contributed by atoms with Crippen LogP contribution in [-0.4, -0.2) is 121 Å². The number of hydrogen-bond donors (Lipinski definition) is 4. The number of nitrogens with one attached hydrogen (secondary N) is 3. The Labute approximate surface area is 282 Å². The van der Waals surface area contributed by atoms with E-state index in [0.29, 0.717) is 38.9 Å². The van der Waals surface area contributed by atoms with Crippen molar-refractivity contribution in [3.8, 4) is 0 Å². The van der Waals surface area contributed by atoms with Crippen molar-refractivity contribution in [1.82, 2.24) is 30.7 Å². The Morgan fingerprint density at radius 1 is 0.830 bits per heavy atom. The summed E-state index contributed by atoms with van der Waals surface area (Å²) in [6.07, 6.45) is 12.7. The summed E-state index contributed by atoms with van der Waals surface area (Å²) in [4.78, 5) is 93.7. The second-order valence-corrected chi connectivity index (χ2v) is 11.8. The molecule has 0 spiro atoms. The summed E-state index contributed by atoms with van der Waals surface area (Å²) in [6, 6.07) is -0.369. The van der Waals surface area contributed by atoms with E-state index in [4.69, 9.17) is 5.73 Å². The summed E-state index contributed by atoms with van der Waals surface area (Å²) in [5.41, 5.74) is 4.89. The van der Waals surface area contributed by atoms with E-state index in [1.165, 1.54) is 18.0 Å². The van der Waals surface area contributed by atoms with Gasteiger partial charge in [-0.3, -0.25) is 43.4 Å². The van der Waals surface area contributed by atoms with Gasteiger partial charge < -0.3 is 26.6 Å². The second kappa shape index (κ2) is 27.2. The number of amides is 9. The Morgan fingerprint density at radius 3 is 1.83 bits per heavy atom. The third kappa shape index (κ3) is 22.3. The van der Waals surface area contributed by atoms with Gasteiger partial charge in [0.1, 0.15) is 6.54 Å². The fraction of sp³-hybridized carbons (Fsp3) is 0.677. The lowest BCUT2D eigenvalue weighted by atomic mass is 10.1. The molecule has 0 aromatic rings. The van der Waals surface area contributed by atoms with Gasteiger partial charge in [-0.2, -0.15) is 11.8 Å². The summed E-state index contributed by atoms with van der Waals surface area (Å²) in [7, 11) is 1.53. The first-order valence-electron chi connectivity index (χ1n) is 16.0. The summed E-state index contributed by atoms with van der Waals surface area (Å²) < 4.78 is 0. The molecule has 0 atom stereocenters. The third-order valence-electron chi connectivity index (χ3n) is 6.80. The lowest BCUT2D eigenvalue weighted by Gasteiger charge is -2.13. The highest BCUT2D eigenvalue weighted by Crippen LogP contribution is 2.08. The van der Waals surface area contributed by atoms with Crippen molar-refractivity contribution in [2.24, 2.45) is 5.73 Å².